The average Bonchev–Trinajstić information content (AvgIpc) is 3.54. The Bertz CT molecular complexity index is 1920. The molecule has 9 nitrogen and oxygen atoms in total. The lowest BCUT2D eigenvalue weighted by molar-refractivity contribution is -0.115. The highest BCUT2D eigenvalue weighted by Crippen LogP contribution is 2.27. The number of rotatable bonds is 11. The molecule has 5 aromatic rings. The van der Waals surface area contributed by atoms with E-state index in [4.69, 9.17) is 10.2 Å². The number of hydrogen-bond acceptors (Lipinski definition) is 6. The standard InChI is InChI=1S/C36H29BrN4O5S/c1-22(34(43)39-27-13-9-24(10-14-27)33(38)42)47-30-18-15-28(16-19-30)40-36(45)31(41-35(44)25-5-3-2-4-6-25)21-29-17-20-32(46-29)23-7-11-26(37)12-8-23/h2-22H,1H3,(H2,38,42)(H,39,43)(H,40,45)(H,41,44)/b31-21-/t22-/m0/s1. The maximum absolute atomic E-state index is 13.5. The Morgan fingerprint density at radius 2 is 1.40 bits per heavy atom. The molecule has 0 radical (unpaired) electrons. The number of primary amides is 1. The molecule has 0 fully saturated rings. The summed E-state index contributed by atoms with van der Waals surface area (Å²) in [6, 6.07) is 33.0. The summed E-state index contributed by atoms with van der Waals surface area (Å²) in [5.74, 6) is -0.774. The Morgan fingerprint density at radius 1 is 0.766 bits per heavy atom. The van der Waals surface area contributed by atoms with Gasteiger partial charge in [-0.25, -0.2) is 0 Å². The molecule has 11 heteroatoms. The van der Waals surface area contributed by atoms with E-state index >= 15 is 0 Å². The minimum absolute atomic E-state index is 0.0110. The van der Waals surface area contributed by atoms with Gasteiger partial charge in [0.15, 0.2) is 0 Å². The van der Waals surface area contributed by atoms with E-state index in [0.29, 0.717) is 34.0 Å². The molecule has 5 rings (SSSR count). The molecular formula is C36H29BrN4O5S. The van der Waals surface area contributed by atoms with Gasteiger partial charge in [0, 0.05) is 43.5 Å². The van der Waals surface area contributed by atoms with Crippen LogP contribution in [0.5, 0.6) is 0 Å². The number of furan rings is 1. The van der Waals surface area contributed by atoms with Gasteiger partial charge in [-0.15, -0.1) is 11.8 Å². The van der Waals surface area contributed by atoms with Crippen LogP contribution < -0.4 is 21.7 Å². The van der Waals surface area contributed by atoms with Gasteiger partial charge in [0.2, 0.25) is 11.8 Å². The molecule has 0 aliphatic carbocycles. The van der Waals surface area contributed by atoms with Crippen molar-refractivity contribution in [1.29, 1.82) is 0 Å². The molecule has 4 aromatic carbocycles. The minimum atomic E-state index is -0.550. The molecule has 47 heavy (non-hydrogen) atoms. The summed E-state index contributed by atoms with van der Waals surface area (Å²) >= 11 is 4.76. The average molecular weight is 710 g/mol. The fraction of sp³-hybridized carbons (Fsp3) is 0.0556. The summed E-state index contributed by atoms with van der Waals surface area (Å²) in [5.41, 5.74) is 7.90. The fourth-order valence-corrected chi connectivity index (χ4v) is 5.45. The number of thioether (sulfide) groups is 1. The van der Waals surface area contributed by atoms with E-state index in [9.17, 15) is 19.2 Å². The van der Waals surface area contributed by atoms with E-state index < -0.39 is 23.0 Å². The van der Waals surface area contributed by atoms with Crippen LogP contribution in [-0.2, 0) is 9.59 Å². The molecule has 4 amide bonds. The van der Waals surface area contributed by atoms with E-state index in [-0.39, 0.29) is 11.6 Å². The maximum atomic E-state index is 13.5. The second kappa shape index (κ2) is 15.3. The van der Waals surface area contributed by atoms with Crippen molar-refractivity contribution in [1.82, 2.24) is 5.32 Å². The van der Waals surface area contributed by atoms with Crippen molar-refractivity contribution in [2.75, 3.05) is 10.6 Å². The fourth-order valence-electron chi connectivity index (χ4n) is 4.32. The first-order valence-corrected chi connectivity index (χ1v) is 16.0. The largest absolute Gasteiger partial charge is 0.457 e. The molecule has 0 aliphatic rings. The molecule has 1 heterocycles. The highest BCUT2D eigenvalue weighted by molar-refractivity contribution is 9.10. The van der Waals surface area contributed by atoms with Crippen molar-refractivity contribution in [2.45, 2.75) is 17.1 Å². The zero-order valence-electron chi connectivity index (χ0n) is 25.0. The van der Waals surface area contributed by atoms with Gasteiger partial charge in [0.1, 0.15) is 17.2 Å². The van der Waals surface area contributed by atoms with Crippen LogP contribution in [0, 0.1) is 0 Å². The van der Waals surface area contributed by atoms with Crippen LogP contribution in [0.3, 0.4) is 0 Å². The van der Waals surface area contributed by atoms with Crippen molar-refractivity contribution in [2.24, 2.45) is 5.73 Å². The van der Waals surface area contributed by atoms with E-state index in [1.54, 1.807) is 97.9 Å². The van der Waals surface area contributed by atoms with Crippen molar-refractivity contribution >= 4 is 68.8 Å². The van der Waals surface area contributed by atoms with Gasteiger partial charge in [-0.05, 0) is 91.9 Å². The Balaban J connectivity index is 1.26. The molecule has 0 unspecified atom stereocenters. The van der Waals surface area contributed by atoms with E-state index in [2.05, 4.69) is 31.9 Å². The molecule has 0 saturated heterocycles. The lowest BCUT2D eigenvalue weighted by atomic mass is 10.2. The molecule has 0 aliphatic heterocycles. The molecule has 0 bridgehead atoms. The first-order valence-electron chi connectivity index (χ1n) is 14.4. The van der Waals surface area contributed by atoms with Gasteiger partial charge in [0.05, 0.1) is 5.25 Å². The number of carbonyl (C=O) groups excluding carboxylic acids is 4. The van der Waals surface area contributed by atoms with Crippen LogP contribution in [0.2, 0.25) is 0 Å². The zero-order valence-corrected chi connectivity index (χ0v) is 27.4. The molecule has 1 aromatic heterocycles. The molecule has 236 valence electrons. The van der Waals surface area contributed by atoms with Gasteiger partial charge in [-0.1, -0.05) is 46.3 Å². The number of amides is 4. The number of carbonyl (C=O) groups is 4. The van der Waals surface area contributed by atoms with Crippen LogP contribution in [-0.4, -0.2) is 28.9 Å². The zero-order chi connectivity index (χ0) is 33.3. The van der Waals surface area contributed by atoms with E-state index in [1.165, 1.54) is 17.8 Å². The number of benzene rings is 4. The normalized spacial score (nSPS) is 11.7. The van der Waals surface area contributed by atoms with Crippen LogP contribution in [0.4, 0.5) is 11.4 Å². The van der Waals surface area contributed by atoms with Gasteiger partial charge in [0.25, 0.3) is 11.8 Å². The summed E-state index contributed by atoms with van der Waals surface area (Å²) in [7, 11) is 0. The van der Waals surface area contributed by atoms with Gasteiger partial charge in [-0.2, -0.15) is 0 Å². The van der Waals surface area contributed by atoms with Gasteiger partial charge >= 0.3 is 0 Å². The Kier molecular flexibility index (Phi) is 10.7. The topological polar surface area (TPSA) is 144 Å². The number of hydrogen-bond donors (Lipinski definition) is 4. The summed E-state index contributed by atoms with van der Waals surface area (Å²) in [4.78, 5) is 51.3. The van der Waals surface area contributed by atoms with Gasteiger partial charge < -0.3 is 26.1 Å². The third-order valence-corrected chi connectivity index (χ3v) is 8.44. The minimum Gasteiger partial charge on any atom is -0.457 e. The van der Waals surface area contributed by atoms with Crippen LogP contribution in [0.25, 0.3) is 17.4 Å². The maximum Gasteiger partial charge on any atom is 0.272 e. The summed E-state index contributed by atoms with van der Waals surface area (Å²) in [6.07, 6.45) is 1.48. The predicted octanol–water partition coefficient (Wildman–Crippen LogP) is 7.34. The monoisotopic (exact) mass is 708 g/mol. The molecule has 0 spiro atoms. The van der Waals surface area contributed by atoms with Crippen molar-refractivity contribution in [3.8, 4) is 11.3 Å². The SMILES string of the molecule is C[C@H](Sc1ccc(NC(=O)/C(=C/c2ccc(-c3ccc(Br)cc3)o2)NC(=O)c2ccccc2)cc1)C(=O)Nc1ccc(C(N)=O)cc1. The lowest BCUT2D eigenvalue weighted by Gasteiger charge is -2.13. The van der Waals surface area contributed by atoms with Crippen LogP contribution >= 0.6 is 27.7 Å². The molecular weight excluding hydrogens is 680 g/mol. The predicted molar refractivity (Wildman–Crippen MR) is 188 cm³/mol. The number of halogens is 1. The Hall–Kier alpha value is -5.39. The quantitative estimate of drug-likeness (QED) is 0.0835. The first kappa shape index (κ1) is 33.0. The highest BCUT2D eigenvalue weighted by atomic mass is 79.9. The number of anilines is 2. The summed E-state index contributed by atoms with van der Waals surface area (Å²) in [5, 5.41) is 7.91. The van der Waals surface area contributed by atoms with E-state index in [0.717, 1.165) is 14.9 Å². The number of nitrogens with two attached hydrogens (primary N) is 1. The summed E-state index contributed by atoms with van der Waals surface area (Å²) < 4.78 is 6.91. The third-order valence-electron chi connectivity index (χ3n) is 6.80. The third kappa shape index (κ3) is 9.09. The Morgan fingerprint density at radius 3 is 2.06 bits per heavy atom. The first-order chi connectivity index (χ1) is 22.6. The second-order valence-corrected chi connectivity index (χ2v) is 12.6. The van der Waals surface area contributed by atoms with Crippen molar-refractivity contribution in [3.05, 3.63) is 142 Å². The number of nitrogens with one attached hydrogen (secondary N) is 3. The van der Waals surface area contributed by atoms with Crippen molar-refractivity contribution in [3.63, 3.8) is 0 Å². The lowest BCUT2D eigenvalue weighted by Crippen LogP contribution is -2.30. The molecule has 0 saturated carbocycles. The van der Waals surface area contributed by atoms with Crippen LogP contribution in [0.1, 0.15) is 33.4 Å². The smallest absolute Gasteiger partial charge is 0.272 e. The molecule has 5 N–H and O–H groups in total. The van der Waals surface area contributed by atoms with Crippen molar-refractivity contribution < 1.29 is 23.6 Å². The van der Waals surface area contributed by atoms with Crippen LogP contribution in [0.15, 0.2) is 135 Å². The summed E-state index contributed by atoms with van der Waals surface area (Å²) in [6.45, 7) is 1.77. The van der Waals surface area contributed by atoms with E-state index in [1.807, 2.05) is 24.3 Å². The Labute approximate surface area is 283 Å². The van der Waals surface area contributed by atoms with Gasteiger partial charge in [-0.3, -0.25) is 19.2 Å². The highest BCUT2D eigenvalue weighted by Gasteiger charge is 2.18. The molecule has 1 atom stereocenters. The second-order valence-electron chi connectivity index (χ2n) is 10.3.